The number of aryl methyl sites for hydroxylation is 2. The number of carbonyl (C=O) groups is 1. The highest BCUT2D eigenvalue weighted by atomic mass is 32.1. The highest BCUT2D eigenvalue weighted by Gasteiger charge is 2.02. The van der Waals surface area contributed by atoms with Gasteiger partial charge in [-0.25, -0.2) is 0 Å². The zero-order chi connectivity index (χ0) is 14.2. The number of hydrogen-bond acceptors (Lipinski definition) is 3. The second-order valence-corrected chi connectivity index (χ2v) is 5.73. The predicted octanol–water partition coefficient (Wildman–Crippen LogP) is 3.14. The van der Waals surface area contributed by atoms with Crippen LogP contribution in [0.4, 0.5) is 0 Å². The fraction of sp³-hybridized carbons (Fsp3) is 0.312. The van der Waals surface area contributed by atoms with Crippen molar-refractivity contribution in [1.29, 1.82) is 0 Å². The van der Waals surface area contributed by atoms with Crippen LogP contribution in [0.15, 0.2) is 41.8 Å². The van der Waals surface area contributed by atoms with E-state index < -0.39 is 0 Å². The van der Waals surface area contributed by atoms with Gasteiger partial charge in [0.05, 0.1) is 0 Å². The van der Waals surface area contributed by atoms with Crippen LogP contribution in [0.5, 0.6) is 5.75 Å². The van der Waals surface area contributed by atoms with Crippen molar-refractivity contribution in [3.8, 4) is 5.75 Å². The molecule has 20 heavy (non-hydrogen) atoms. The standard InChI is InChI=1S/C16H19NO2S/c18-14-7-5-13(6-8-14)3-1-11-17-16(19)10-9-15-4-2-12-20-15/h2,4-8,12,18H,1,3,9-11H2,(H,17,19). The summed E-state index contributed by atoms with van der Waals surface area (Å²) in [6.45, 7) is 0.699. The minimum Gasteiger partial charge on any atom is -0.508 e. The molecule has 0 aliphatic carbocycles. The lowest BCUT2D eigenvalue weighted by Crippen LogP contribution is -2.24. The number of benzene rings is 1. The fourth-order valence-corrected chi connectivity index (χ4v) is 2.67. The molecular formula is C16H19NO2S. The van der Waals surface area contributed by atoms with Crippen LogP contribution in [-0.4, -0.2) is 17.6 Å². The maximum absolute atomic E-state index is 11.7. The first-order chi connectivity index (χ1) is 9.74. The molecule has 2 rings (SSSR count). The molecule has 0 bridgehead atoms. The summed E-state index contributed by atoms with van der Waals surface area (Å²) >= 11 is 1.69. The maximum Gasteiger partial charge on any atom is 0.220 e. The zero-order valence-electron chi connectivity index (χ0n) is 11.3. The molecule has 1 amide bonds. The van der Waals surface area contributed by atoms with E-state index in [1.807, 2.05) is 23.6 Å². The van der Waals surface area contributed by atoms with Gasteiger partial charge in [0.15, 0.2) is 0 Å². The number of phenols is 1. The third-order valence-electron chi connectivity index (χ3n) is 3.08. The van der Waals surface area contributed by atoms with E-state index in [4.69, 9.17) is 0 Å². The van der Waals surface area contributed by atoms with Crippen molar-refractivity contribution >= 4 is 17.2 Å². The Kier molecular flexibility index (Phi) is 5.62. The van der Waals surface area contributed by atoms with Crippen LogP contribution in [0.2, 0.25) is 0 Å². The molecule has 0 saturated carbocycles. The van der Waals surface area contributed by atoms with Crippen molar-refractivity contribution in [1.82, 2.24) is 5.32 Å². The number of phenolic OH excluding ortho intramolecular Hbond substituents is 1. The molecule has 2 aromatic rings. The van der Waals surface area contributed by atoms with Gasteiger partial charge in [0.2, 0.25) is 5.91 Å². The molecule has 0 spiro atoms. The van der Waals surface area contributed by atoms with Crippen LogP contribution in [0.1, 0.15) is 23.3 Å². The molecule has 0 saturated heterocycles. The van der Waals surface area contributed by atoms with Crippen LogP contribution in [-0.2, 0) is 17.6 Å². The van der Waals surface area contributed by atoms with E-state index in [9.17, 15) is 9.90 Å². The largest absolute Gasteiger partial charge is 0.508 e. The van der Waals surface area contributed by atoms with E-state index in [1.54, 1.807) is 23.5 Å². The average molecular weight is 289 g/mol. The first-order valence-corrected chi connectivity index (χ1v) is 7.69. The Bertz CT molecular complexity index is 520. The van der Waals surface area contributed by atoms with Gasteiger partial charge in [-0.1, -0.05) is 18.2 Å². The summed E-state index contributed by atoms with van der Waals surface area (Å²) in [6, 6.07) is 11.3. The van der Waals surface area contributed by atoms with Gasteiger partial charge in [-0.15, -0.1) is 11.3 Å². The molecule has 0 aliphatic rings. The molecule has 106 valence electrons. The second kappa shape index (κ2) is 7.70. The summed E-state index contributed by atoms with van der Waals surface area (Å²) in [6.07, 6.45) is 3.20. The molecule has 1 aromatic carbocycles. The monoisotopic (exact) mass is 289 g/mol. The van der Waals surface area contributed by atoms with E-state index in [1.165, 1.54) is 10.4 Å². The summed E-state index contributed by atoms with van der Waals surface area (Å²) in [5.41, 5.74) is 1.18. The van der Waals surface area contributed by atoms with Gasteiger partial charge in [-0.3, -0.25) is 4.79 Å². The van der Waals surface area contributed by atoms with E-state index in [0.717, 1.165) is 19.3 Å². The average Bonchev–Trinajstić information content (AvgIpc) is 2.96. The minimum absolute atomic E-state index is 0.115. The van der Waals surface area contributed by atoms with Gasteiger partial charge in [0, 0.05) is 17.8 Å². The third-order valence-corrected chi connectivity index (χ3v) is 4.02. The summed E-state index contributed by atoms with van der Waals surface area (Å²) in [5.74, 6) is 0.403. The molecule has 4 heteroatoms. The maximum atomic E-state index is 11.7. The molecule has 0 radical (unpaired) electrons. The molecule has 0 fully saturated rings. The summed E-state index contributed by atoms with van der Waals surface area (Å²) in [5, 5.41) is 14.2. The number of carbonyl (C=O) groups excluding carboxylic acids is 1. The topological polar surface area (TPSA) is 49.3 Å². The highest BCUT2D eigenvalue weighted by molar-refractivity contribution is 7.09. The van der Waals surface area contributed by atoms with Crippen molar-refractivity contribution < 1.29 is 9.90 Å². The summed E-state index contributed by atoms with van der Waals surface area (Å²) in [7, 11) is 0. The lowest BCUT2D eigenvalue weighted by atomic mass is 10.1. The van der Waals surface area contributed by atoms with Crippen molar-refractivity contribution in [3.05, 3.63) is 52.2 Å². The summed E-state index contributed by atoms with van der Waals surface area (Å²) in [4.78, 5) is 12.9. The Hall–Kier alpha value is -1.81. The van der Waals surface area contributed by atoms with Crippen LogP contribution >= 0.6 is 11.3 Å². The first-order valence-electron chi connectivity index (χ1n) is 6.81. The second-order valence-electron chi connectivity index (χ2n) is 4.70. The molecule has 3 nitrogen and oxygen atoms in total. The quantitative estimate of drug-likeness (QED) is 0.769. The first kappa shape index (κ1) is 14.6. The molecular weight excluding hydrogens is 270 g/mol. The van der Waals surface area contributed by atoms with E-state index in [2.05, 4.69) is 11.4 Å². The Morgan fingerprint density at radius 3 is 2.65 bits per heavy atom. The van der Waals surface area contributed by atoms with Gasteiger partial charge >= 0.3 is 0 Å². The van der Waals surface area contributed by atoms with E-state index in [-0.39, 0.29) is 11.7 Å². The summed E-state index contributed by atoms with van der Waals surface area (Å²) < 4.78 is 0. The Morgan fingerprint density at radius 1 is 1.15 bits per heavy atom. The normalized spacial score (nSPS) is 10.4. The number of thiophene rings is 1. The smallest absolute Gasteiger partial charge is 0.220 e. The zero-order valence-corrected chi connectivity index (χ0v) is 12.2. The number of rotatable bonds is 7. The Labute approximate surface area is 123 Å². The van der Waals surface area contributed by atoms with Gasteiger partial charge in [0.25, 0.3) is 0 Å². The minimum atomic E-state index is 0.115. The lowest BCUT2D eigenvalue weighted by Gasteiger charge is -2.05. The molecule has 0 unspecified atom stereocenters. The number of aromatic hydroxyl groups is 1. The third kappa shape index (κ3) is 5.05. The predicted molar refractivity (Wildman–Crippen MR) is 82.1 cm³/mol. The molecule has 0 aliphatic heterocycles. The van der Waals surface area contributed by atoms with E-state index in [0.29, 0.717) is 13.0 Å². The fourth-order valence-electron chi connectivity index (χ4n) is 1.96. The highest BCUT2D eigenvalue weighted by Crippen LogP contribution is 2.11. The molecule has 1 heterocycles. The van der Waals surface area contributed by atoms with Crippen molar-refractivity contribution in [2.24, 2.45) is 0 Å². The van der Waals surface area contributed by atoms with Crippen molar-refractivity contribution in [2.75, 3.05) is 6.54 Å². The van der Waals surface area contributed by atoms with Crippen LogP contribution in [0, 0.1) is 0 Å². The molecule has 2 N–H and O–H groups in total. The van der Waals surface area contributed by atoms with Crippen molar-refractivity contribution in [3.63, 3.8) is 0 Å². The number of hydrogen-bond donors (Lipinski definition) is 2. The molecule has 0 atom stereocenters. The number of nitrogens with one attached hydrogen (secondary N) is 1. The molecule has 1 aromatic heterocycles. The van der Waals surface area contributed by atoms with Crippen molar-refractivity contribution in [2.45, 2.75) is 25.7 Å². The Morgan fingerprint density at radius 2 is 1.95 bits per heavy atom. The van der Waals surface area contributed by atoms with Crippen LogP contribution in [0.25, 0.3) is 0 Å². The Balaban J connectivity index is 1.58. The van der Waals surface area contributed by atoms with Gasteiger partial charge in [-0.05, 0) is 48.4 Å². The van der Waals surface area contributed by atoms with Crippen LogP contribution < -0.4 is 5.32 Å². The van der Waals surface area contributed by atoms with Gasteiger partial charge < -0.3 is 10.4 Å². The lowest BCUT2D eigenvalue weighted by molar-refractivity contribution is -0.121. The van der Waals surface area contributed by atoms with Gasteiger partial charge in [-0.2, -0.15) is 0 Å². The van der Waals surface area contributed by atoms with Gasteiger partial charge in [0.1, 0.15) is 5.75 Å². The van der Waals surface area contributed by atoms with E-state index >= 15 is 0 Å². The van der Waals surface area contributed by atoms with Crippen LogP contribution in [0.3, 0.4) is 0 Å². The SMILES string of the molecule is O=C(CCc1cccs1)NCCCc1ccc(O)cc1. The number of amides is 1.